The van der Waals surface area contributed by atoms with Gasteiger partial charge in [0.2, 0.25) is 0 Å². The molecule has 0 atom stereocenters. The topological polar surface area (TPSA) is 27.0 Å². The van der Waals surface area contributed by atoms with E-state index in [4.69, 9.17) is 17.5 Å². The molecular formula is C10H12N2S2. The first-order chi connectivity index (χ1) is 6.75. The van der Waals surface area contributed by atoms with Crippen LogP contribution in [0.3, 0.4) is 0 Å². The fraction of sp³-hybridized carbons (Fsp3) is 0.200. The number of anilines is 1. The Hall–Kier alpha value is -1.05. The molecule has 1 aromatic carbocycles. The number of rotatable bonds is 2. The smallest absolute Gasteiger partial charge is 0.118 e. The van der Waals surface area contributed by atoms with Crippen molar-refractivity contribution in [2.45, 2.75) is 0 Å². The summed E-state index contributed by atoms with van der Waals surface area (Å²) in [6.45, 7) is 0. The summed E-state index contributed by atoms with van der Waals surface area (Å²) in [7, 11) is 1.93. The van der Waals surface area contributed by atoms with E-state index in [1.54, 1.807) is 0 Å². The molecule has 0 spiro atoms. The van der Waals surface area contributed by atoms with Crippen LogP contribution < -0.4 is 4.90 Å². The molecule has 0 bridgehead atoms. The molecule has 0 N–H and O–H groups in total. The van der Waals surface area contributed by atoms with Crippen LogP contribution in [0.2, 0.25) is 0 Å². The lowest BCUT2D eigenvalue weighted by atomic mass is 10.3. The summed E-state index contributed by atoms with van der Waals surface area (Å²) in [5, 5.41) is 8.45. The quantitative estimate of drug-likeness (QED) is 0.720. The molecule has 2 nitrogen and oxygen atoms in total. The number of nitrogens with zero attached hydrogens (tertiary/aromatic N) is 2. The summed E-state index contributed by atoms with van der Waals surface area (Å²) < 4.78 is 0.831. The zero-order valence-electron chi connectivity index (χ0n) is 7.90. The Morgan fingerprint density at radius 3 is 2.71 bits per heavy atom. The van der Waals surface area contributed by atoms with Crippen molar-refractivity contribution in [2.24, 2.45) is 0 Å². The van der Waals surface area contributed by atoms with Crippen molar-refractivity contribution in [1.82, 2.24) is 0 Å². The number of thiocarbonyl (C=S) groups is 1. The van der Waals surface area contributed by atoms with Crippen molar-refractivity contribution >= 4 is 34.0 Å². The summed E-state index contributed by atoms with van der Waals surface area (Å²) in [6, 6.07) is 12.0. The Labute approximate surface area is 93.5 Å². The third kappa shape index (κ3) is 3.02. The van der Waals surface area contributed by atoms with E-state index >= 15 is 0 Å². The van der Waals surface area contributed by atoms with Gasteiger partial charge in [0.25, 0.3) is 0 Å². The molecule has 0 heterocycles. The van der Waals surface area contributed by atoms with Gasteiger partial charge in [-0.3, -0.25) is 0 Å². The third-order valence-electron chi connectivity index (χ3n) is 1.77. The Morgan fingerprint density at radius 2 is 2.14 bits per heavy atom. The molecular weight excluding hydrogens is 212 g/mol. The van der Waals surface area contributed by atoms with Crippen molar-refractivity contribution in [3.63, 3.8) is 0 Å². The molecule has 0 fully saturated rings. The maximum atomic E-state index is 8.45. The highest BCUT2D eigenvalue weighted by molar-refractivity contribution is 8.23. The number of hydrogen-bond donors (Lipinski definition) is 0. The molecule has 14 heavy (non-hydrogen) atoms. The van der Waals surface area contributed by atoms with Crippen molar-refractivity contribution in [3.8, 4) is 6.07 Å². The minimum absolute atomic E-state index is 0.408. The first-order valence-corrected chi connectivity index (χ1v) is 5.81. The van der Waals surface area contributed by atoms with E-state index in [1.807, 2.05) is 42.3 Å². The summed E-state index contributed by atoms with van der Waals surface area (Å²) in [5.41, 5.74) is 1.07. The van der Waals surface area contributed by atoms with E-state index < -0.39 is 0 Å². The van der Waals surface area contributed by atoms with Gasteiger partial charge in [0.1, 0.15) is 4.32 Å². The summed E-state index contributed by atoms with van der Waals surface area (Å²) in [4.78, 5) is 1.95. The second kappa shape index (κ2) is 5.63. The van der Waals surface area contributed by atoms with Crippen molar-refractivity contribution in [1.29, 1.82) is 5.26 Å². The molecule has 0 radical (unpaired) electrons. The number of para-hydroxylation sites is 1. The van der Waals surface area contributed by atoms with Gasteiger partial charge in [0.05, 0.1) is 11.8 Å². The Kier molecular flexibility index (Phi) is 4.44. The van der Waals surface area contributed by atoms with Gasteiger partial charge in [-0.25, -0.2) is 11.8 Å². The predicted octanol–water partition coefficient (Wildman–Crippen LogP) is 2.13. The Balaban J connectivity index is 2.62. The monoisotopic (exact) mass is 224 g/mol. The second-order valence-corrected chi connectivity index (χ2v) is 4.64. The van der Waals surface area contributed by atoms with Crippen LogP contribution in [0.4, 0.5) is 5.69 Å². The number of benzene rings is 1. The van der Waals surface area contributed by atoms with Gasteiger partial charge in [-0.2, -0.15) is 5.26 Å². The van der Waals surface area contributed by atoms with Crippen LogP contribution >= 0.6 is 24.0 Å². The minimum Gasteiger partial charge on any atom is -0.332 e. The van der Waals surface area contributed by atoms with Gasteiger partial charge in [0, 0.05) is 12.7 Å². The first-order valence-electron chi connectivity index (χ1n) is 4.19. The van der Waals surface area contributed by atoms with Crippen LogP contribution in [-0.4, -0.2) is 17.1 Å². The summed E-state index contributed by atoms with van der Waals surface area (Å²) in [5.74, 6) is 0.510. The molecule has 0 amide bonds. The van der Waals surface area contributed by atoms with E-state index in [-0.39, 0.29) is 0 Å². The highest BCUT2D eigenvalue weighted by Gasteiger charge is 2.03. The molecule has 0 aliphatic heterocycles. The average Bonchev–Trinajstić information content (AvgIpc) is 2.26. The highest BCUT2D eigenvalue weighted by Crippen LogP contribution is 2.16. The maximum absolute atomic E-state index is 8.45. The molecule has 0 aliphatic rings. The van der Waals surface area contributed by atoms with E-state index in [2.05, 4.69) is 6.07 Å². The molecule has 1 rings (SSSR count). The average molecular weight is 224 g/mol. The highest BCUT2D eigenvalue weighted by atomic mass is 32.2. The number of nitriles is 1. The third-order valence-corrected chi connectivity index (χ3v) is 3.45. The van der Waals surface area contributed by atoms with Crippen LogP contribution in [0.1, 0.15) is 0 Å². The van der Waals surface area contributed by atoms with E-state index in [1.165, 1.54) is 0 Å². The van der Waals surface area contributed by atoms with E-state index in [0.717, 1.165) is 10.0 Å². The molecule has 0 aliphatic carbocycles. The molecule has 0 unspecified atom stereocenters. The van der Waals surface area contributed by atoms with Gasteiger partial charge < -0.3 is 4.90 Å². The van der Waals surface area contributed by atoms with Crippen molar-refractivity contribution in [3.05, 3.63) is 30.3 Å². The van der Waals surface area contributed by atoms with Crippen LogP contribution in [-0.2, 0) is 0 Å². The van der Waals surface area contributed by atoms with Crippen LogP contribution in [0.15, 0.2) is 30.3 Å². The second-order valence-electron chi connectivity index (χ2n) is 2.71. The molecule has 0 saturated carbocycles. The van der Waals surface area contributed by atoms with Gasteiger partial charge in [-0.15, -0.1) is 0 Å². The lowest BCUT2D eigenvalue weighted by Gasteiger charge is -2.19. The van der Waals surface area contributed by atoms with Crippen LogP contribution in [0.25, 0.3) is 0 Å². The van der Waals surface area contributed by atoms with Gasteiger partial charge in [-0.1, -0.05) is 30.4 Å². The minimum atomic E-state index is 0.408. The summed E-state index contributed by atoms with van der Waals surface area (Å²) >= 11 is 5.62. The molecule has 0 saturated heterocycles. The van der Waals surface area contributed by atoms with Crippen LogP contribution in [0.5, 0.6) is 0 Å². The van der Waals surface area contributed by atoms with Crippen LogP contribution in [0, 0.1) is 11.3 Å². The van der Waals surface area contributed by atoms with Crippen molar-refractivity contribution < 1.29 is 0 Å². The Morgan fingerprint density at radius 1 is 1.50 bits per heavy atom. The van der Waals surface area contributed by atoms with Gasteiger partial charge in [0.15, 0.2) is 0 Å². The Bertz CT molecular complexity index is 343. The van der Waals surface area contributed by atoms with Gasteiger partial charge >= 0.3 is 0 Å². The maximum Gasteiger partial charge on any atom is 0.118 e. The zero-order valence-corrected chi connectivity index (χ0v) is 9.71. The lowest BCUT2D eigenvalue weighted by molar-refractivity contribution is 1.31. The zero-order chi connectivity index (χ0) is 10.4. The fourth-order valence-corrected chi connectivity index (χ4v) is 1.92. The molecule has 4 heteroatoms. The normalized spacial score (nSPS) is 10.6. The SMILES string of the molecule is CN(C(=S)[SH2]CC#N)c1ccccc1. The molecule has 1 aromatic rings. The predicted molar refractivity (Wildman–Crippen MR) is 68.3 cm³/mol. The van der Waals surface area contributed by atoms with Crippen molar-refractivity contribution in [2.75, 3.05) is 17.7 Å². The standard InChI is InChI=1S/C10H12N2S2/c1-12(10(13)14-8-7-11)9-5-3-2-4-6-9/h2-6H,8,14H2,1H3. The largest absolute Gasteiger partial charge is 0.332 e. The van der Waals surface area contributed by atoms with Gasteiger partial charge in [-0.05, 0) is 12.1 Å². The molecule has 74 valence electrons. The summed E-state index contributed by atoms with van der Waals surface area (Å²) in [6.07, 6.45) is 0. The first kappa shape index (κ1) is 11.0. The van der Waals surface area contributed by atoms with E-state index in [0.29, 0.717) is 17.5 Å². The van der Waals surface area contributed by atoms with E-state index in [9.17, 15) is 0 Å². The lowest BCUT2D eigenvalue weighted by Crippen LogP contribution is -2.21. The number of hydrogen-bond acceptors (Lipinski definition) is 2. The molecule has 0 aromatic heterocycles. The fourth-order valence-electron chi connectivity index (χ4n) is 1.00.